The predicted molar refractivity (Wildman–Crippen MR) is 298 cm³/mol. The van der Waals surface area contributed by atoms with Crippen LogP contribution in [0.4, 0.5) is 0 Å². The van der Waals surface area contributed by atoms with E-state index in [1.165, 1.54) is 0 Å². The van der Waals surface area contributed by atoms with Crippen LogP contribution in [-0.4, -0.2) is 74.0 Å². The number of methoxy groups -OCH3 is 1. The molecule has 7 heterocycles. The van der Waals surface area contributed by atoms with Gasteiger partial charge < -0.3 is 19.3 Å². The van der Waals surface area contributed by atoms with E-state index in [1.54, 1.807) is 41.1 Å². The minimum absolute atomic E-state index is 0.0301. The number of ether oxygens (including phenoxy) is 3. The van der Waals surface area contributed by atoms with Gasteiger partial charge in [-0.1, -0.05) is 77.2 Å². The highest BCUT2D eigenvalue weighted by Crippen LogP contribution is 2.31. The monoisotopic (exact) mass is 1120 g/mol. The highest BCUT2D eigenvalue weighted by molar-refractivity contribution is 14.1. The molecule has 17 heteroatoms. The van der Waals surface area contributed by atoms with Gasteiger partial charge in [0.25, 0.3) is 0 Å². The zero-order chi connectivity index (χ0) is 49.2. The fourth-order valence-corrected chi connectivity index (χ4v) is 10.2. The number of alkyl halides is 1. The van der Waals surface area contributed by atoms with E-state index >= 15 is 0 Å². The molecule has 1 aliphatic rings. The molecule has 0 bridgehead atoms. The molecular formula is C55H46IN9O4S3. The largest absolute Gasteiger partial charge is 0.392 e. The van der Waals surface area contributed by atoms with Crippen molar-refractivity contribution in [3.05, 3.63) is 198 Å². The molecule has 6 aromatic heterocycles. The number of aliphatic hydroxyl groups is 1. The van der Waals surface area contributed by atoms with Crippen LogP contribution in [0.25, 0.3) is 81.9 Å². The fraction of sp³-hybridized carbons (Fsp3) is 0.127. The second kappa shape index (κ2) is 23.2. The third kappa shape index (κ3) is 10.8. The van der Waals surface area contributed by atoms with E-state index in [-0.39, 0.29) is 12.9 Å². The molecule has 13 nitrogen and oxygen atoms in total. The van der Waals surface area contributed by atoms with Crippen molar-refractivity contribution in [1.82, 2.24) is 43.6 Å². The Morgan fingerprint density at radius 1 is 0.528 bits per heavy atom. The van der Waals surface area contributed by atoms with Crippen LogP contribution in [0.5, 0.6) is 0 Å². The standard InChI is InChI=1S/C19H15N3O2S.C18H15N3OS.C17H13N3OS.CH3I/c1-2-13(18-20-6-9-25-18)10-15(3-1)22-12-21-16-11-14(4-5-17(16)22)19-23-7-8-24-19;1-22-11-13-5-6-17-16(9-13)20-12-21(17)15-4-2-3-14(10-15)18-19-7-8-23-18;21-10-12-4-5-16-15(8-12)19-11-20(16)14-3-1-2-13(9-14)17-18-6-7-22-17;1-2/h1-6,9-12,19H,7-8H2;2-10,12H,11H2,1H3;1-9,11,21H,10H2;1H3. The number of thiazole rings is 3. The molecule has 360 valence electrons. The maximum atomic E-state index is 9.22. The van der Waals surface area contributed by atoms with Crippen molar-refractivity contribution >= 4 is 89.7 Å². The third-order valence-corrected chi connectivity index (χ3v) is 14.1. The van der Waals surface area contributed by atoms with Gasteiger partial charge in [0.15, 0.2) is 6.29 Å². The number of aliphatic hydroxyl groups excluding tert-OH is 1. The number of rotatable bonds is 10. The number of nitrogens with zero attached hydrogens (tertiary/aromatic N) is 9. The van der Waals surface area contributed by atoms with Crippen molar-refractivity contribution in [3.8, 4) is 48.8 Å². The Labute approximate surface area is 440 Å². The van der Waals surface area contributed by atoms with Gasteiger partial charge in [0.1, 0.15) is 34.0 Å². The summed E-state index contributed by atoms with van der Waals surface area (Å²) in [5.41, 5.74) is 15.5. The quantitative estimate of drug-likeness (QED) is 0.104. The average molecular weight is 1120 g/mol. The van der Waals surface area contributed by atoms with Gasteiger partial charge in [-0.3, -0.25) is 13.7 Å². The van der Waals surface area contributed by atoms with Gasteiger partial charge in [-0.15, -0.1) is 34.0 Å². The molecule has 1 N–H and O–H groups in total. The summed E-state index contributed by atoms with van der Waals surface area (Å²) in [6, 6.07) is 43.2. The molecule has 1 saturated heterocycles. The molecule has 6 aromatic carbocycles. The highest BCUT2D eigenvalue weighted by Gasteiger charge is 2.19. The number of aromatic nitrogens is 9. The topological polar surface area (TPSA) is 140 Å². The van der Waals surface area contributed by atoms with Crippen LogP contribution >= 0.6 is 56.6 Å². The molecule has 0 aliphatic carbocycles. The fourth-order valence-electron chi connectivity index (χ4n) is 8.28. The SMILES string of the molecule is CI.COCc1ccc2c(c1)ncn2-c1cccc(-c2nccs2)c1.OCc1ccc2c(c1)ncn2-c1cccc(-c2nccs2)c1.c1cc(-c2nccs2)cc(-n2cnc3cc(C4OCCO4)ccc32)c1. The van der Waals surface area contributed by atoms with Crippen LogP contribution in [0, 0.1) is 0 Å². The molecule has 13 rings (SSSR count). The van der Waals surface area contributed by atoms with Crippen LogP contribution in [0.2, 0.25) is 0 Å². The van der Waals surface area contributed by atoms with Crippen molar-refractivity contribution in [2.45, 2.75) is 19.5 Å². The van der Waals surface area contributed by atoms with Crippen LogP contribution in [0.3, 0.4) is 0 Å². The summed E-state index contributed by atoms with van der Waals surface area (Å²) in [6.45, 7) is 1.91. The molecule has 72 heavy (non-hydrogen) atoms. The molecule has 0 radical (unpaired) electrons. The summed E-state index contributed by atoms with van der Waals surface area (Å²) in [4.78, 5) is 28.6. The van der Waals surface area contributed by atoms with Crippen molar-refractivity contribution in [1.29, 1.82) is 0 Å². The lowest BCUT2D eigenvalue weighted by atomic mass is 10.1. The Balaban J connectivity index is 0.000000122. The molecular weight excluding hydrogens is 1070 g/mol. The second-order valence-corrected chi connectivity index (χ2v) is 18.7. The lowest BCUT2D eigenvalue weighted by molar-refractivity contribution is -0.0440. The first-order valence-electron chi connectivity index (χ1n) is 22.7. The first kappa shape index (κ1) is 48.8. The van der Waals surface area contributed by atoms with E-state index in [4.69, 9.17) is 14.2 Å². The Hall–Kier alpha value is -6.81. The van der Waals surface area contributed by atoms with Gasteiger partial charge in [-0.2, -0.15) is 0 Å². The van der Waals surface area contributed by atoms with Gasteiger partial charge in [0.2, 0.25) is 0 Å². The zero-order valence-electron chi connectivity index (χ0n) is 39.0. The van der Waals surface area contributed by atoms with Gasteiger partial charge in [-0.25, -0.2) is 29.9 Å². The van der Waals surface area contributed by atoms with Crippen LogP contribution in [-0.2, 0) is 27.4 Å². The minimum atomic E-state index is -0.275. The first-order valence-corrected chi connectivity index (χ1v) is 27.5. The summed E-state index contributed by atoms with van der Waals surface area (Å²) < 4.78 is 22.6. The minimum Gasteiger partial charge on any atom is -0.392 e. The number of imidazole rings is 3. The highest BCUT2D eigenvalue weighted by atomic mass is 127. The van der Waals surface area contributed by atoms with Crippen molar-refractivity contribution in [3.63, 3.8) is 0 Å². The molecule has 0 saturated carbocycles. The maximum Gasteiger partial charge on any atom is 0.184 e. The molecule has 1 fully saturated rings. The van der Waals surface area contributed by atoms with E-state index in [0.717, 1.165) is 98.6 Å². The van der Waals surface area contributed by atoms with E-state index in [0.29, 0.717) is 19.8 Å². The number of hydrogen-bond acceptors (Lipinski definition) is 13. The zero-order valence-corrected chi connectivity index (χ0v) is 43.6. The predicted octanol–water partition coefficient (Wildman–Crippen LogP) is 13.2. The van der Waals surface area contributed by atoms with Gasteiger partial charge in [0, 0.05) is 81.2 Å². The van der Waals surface area contributed by atoms with Crippen LogP contribution in [0.15, 0.2) is 181 Å². The van der Waals surface area contributed by atoms with Crippen LogP contribution in [0.1, 0.15) is 23.0 Å². The molecule has 0 amide bonds. The number of benzene rings is 6. The molecule has 0 atom stereocenters. The third-order valence-electron chi connectivity index (χ3n) is 11.6. The van der Waals surface area contributed by atoms with E-state index < -0.39 is 0 Å². The summed E-state index contributed by atoms with van der Waals surface area (Å²) in [7, 11) is 1.70. The number of hydrogen-bond donors (Lipinski definition) is 1. The molecule has 12 aromatic rings. The van der Waals surface area contributed by atoms with E-state index in [1.807, 2.05) is 106 Å². The summed E-state index contributed by atoms with van der Waals surface area (Å²) in [5, 5.41) is 18.2. The second-order valence-electron chi connectivity index (χ2n) is 16.1. The summed E-state index contributed by atoms with van der Waals surface area (Å²) in [5.74, 6) is 0. The van der Waals surface area contributed by atoms with E-state index in [9.17, 15) is 5.11 Å². The first-order chi connectivity index (χ1) is 35.6. The Bertz CT molecular complexity index is 3660. The lowest BCUT2D eigenvalue weighted by Crippen LogP contribution is -1.98. The smallest absolute Gasteiger partial charge is 0.184 e. The van der Waals surface area contributed by atoms with Gasteiger partial charge in [0.05, 0.1) is 59.5 Å². The molecule has 0 unspecified atom stereocenters. The van der Waals surface area contributed by atoms with Crippen molar-refractivity contribution in [2.75, 3.05) is 25.3 Å². The summed E-state index contributed by atoms with van der Waals surface area (Å²) in [6.07, 6.45) is 10.7. The number of fused-ring (bicyclic) bond motifs is 3. The van der Waals surface area contributed by atoms with Gasteiger partial charge >= 0.3 is 0 Å². The normalized spacial score (nSPS) is 12.3. The molecule has 1 aliphatic heterocycles. The summed E-state index contributed by atoms with van der Waals surface area (Å²) >= 11 is 7.06. The van der Waals surface area contributed by atoms with Crippen LogP contribution < -0.4 is 0 Å². The average Bonchev–Trinajstić information content (AvgIpc) is 4.30. The Morgan fingerprint density at radius 2 is 0.944 bits per heavy atom. The lowest BCUT2D eigenvalue weighted by Gasteiger charge is -2.10. The van der Waals surface area contributed by atoms with E-state index in [2.05, 4.69) is 147 Å². The van der Waals surface area contributed by atoms with Crippen molar-refractivity contribution in [2.24, 2.45) is 0 Å². The molecule has 0 spiro atoms. The van der Waals surface area contributed by atoms with Gasteiger partial charge in [-0.05, 0) is 88.9 Å². The maximum absolute atomic E-state index is 9.22. The Kier molecular flexibility index (Phi) is 15.7. The number of halogens is 1. The van der Waals surface area contributed by atoms with Crippen molar-refractivity contribution < 1.29 is 19.3 Å². The Morgan fingerprint density at radius 3 is 1.36 bits per heavy atom.